The van der Waals surface area contributed by atoms with Crippen molar-refractivity contribution in [3.8, 4) is 0 Å². The molecular weight excluding hydrogens is 482 g/mol. The monoisotopic (exact) mass is 515 g/mol. The lowest BCUT2D eigenvalue weighted by molar-refractivity contribution is 0.0547. The highest BCUT2D eigenvalue weighted by Crippen LogP contribution is 2.43. The fraction of sp³-hybridized carbons (Fsp3) is 0.303. The number of pyridine rings is 1. The molecule has 0 saturated carbocycles. The lowest BCUT2D eigenvalue weighted by atomic mass is 9.86. The van der Waals surface area contributed by atoms with Gasteiger partial charge in [-0.05, 0) is 73.9 Å². The predicted molar refractivity (Wildman–Crippen MR) is 156 cm³/mol. The molecule has 0 bridgehead atoms. The normalized spacial score (nSPS) is 17.1. The van der Waals surface area contributed by atoms with Gasteiger partial charge < -0.3 is 9.30 Å². The van der Waals surface area contributed by atoms with Crippen LogP contribution in [0.2, 0.25) is 0 Å². The van der Waals surface area contributed by atoms with Crippen molar-refractivity contribution in [2.45, 2.75) is 38.6 Å². The molecule has 1 aliphatic carbocycles. The van der Waals surface area contributed by atoms with Crippen LogP contribution in [0, 0.1) is 12.8 Å². The average Bonchev–Trinajstić information content (AvgIpc) is 3.45. The van der Waals surface area contributed by atoms with E-state index in [1.165, 1.54) is 33.1 Å². The smallest absolute Gasteiger partial charge is 0.0912 e. The molecule has 0 amide bonds. The molecule has 4 heterocycles. The molecule has 0 unspecified atom stereocenters. The van der Waals surface area contributed by atoms with Gasteiger partial charge in [0.1, 0.15) is 0 Å². The number of benzene rings is 2. The van der Waals surface area contributed by atoms with Crippen molar-refractivity contribution in [2.75, 3.05) is 13.2 Å². The summed E-state index contributed by atoms with van der Waals surface area (Å²) in [5, 5.41) is 11.3. The van der Waals surface area contributed by atoms with Crippen LogP contribution >= 0.6 is 0 Å². The number of fused-ring (bicyclic) bond motifs is 5. The molecule has 2 aromatic carbocycles. The number of hydrogen-bond acceptors (Lipinski definition) is 4. The molecule has 2 aliphatic rings. The summed E-state index contributed by atoms with van der Waals surface area (Å²) in [6.07, 6.45) is 12.9. The van der Waals surface area contributed by atoms with Gasteiger partial charge in [0.25, 0.3) is 0 Å². The van der Waals surface area contributed by atoms with Crippen LogP contribution in [0.5, 0.6) is 0 Å². The summed E-state index contributed by atoms with van der Waals surface area (Å²) in [4.78, 5) is 4.73. The predicted octanol–water partition coefficient (Wildman–Crippen LogP) is 6.69. The Labute approximate surface area is 228 Å². The van der Waals surface area contributed by atoms with Gasteiger partial charge >= 0.3 is 0 Å². The van der Waals surface area contributed by atoms with E-state index < -0.39 is 0 Å². The molecule has 39 heavy (non-hydrogen) atoms. The minimum atomic E-state index is 0.196. The van der Waals surface area contributed by atoms with Crippen molar-refractivity contribution in [3.05, 3.63) is 101 Å². The molecular formula is C33H33N5O. The SMILES string of the molecule is Cc1nnn(C)c1C1=Cc2c(c3c4cccnc4ccc3n2[C@H](c2ccccc2)C2CCOCC2)CCC=C1. The van der Waals surface area contributed by atoms with Crippen LogP contribution in [0.1, 0.15) is 53.5 Å². The highest BCUT2D eigenvalue weighted by Gasteiger charge is 2.32. The summed E-state index contributed by atoms with van der Waals surface area (Å²) >= 11 is 0. The summed E-state index contributed by atoms with van der Waals surface area (Å²) in [7, 11) is 1.98. The second kappa shape index (κ2) is 9.93. The molecule has 0 spiro atoms. The molecule has 1 atom stereocenters. The maximum atomic E-state index is 5.83. The third-order valence-corrected chi connectivity index (χ3v) is 8.44. The number of nitrogens with zero attached hydrogens (tertiary/aromatic N) is 5. The molecule has 0 radical (unpaired) electrons. The van der Waals surface area contributed by atoms with Crippen LogP contribution in [-0.2, 0) is 18.2 Å². The second-order valence-electron chi connectivity index (χ2n) is 10.8. The van der Waals surface area contributed by atoms with Crippen LogP contribution in [0.3, 0.4) is 0 Å². The van der Waals surface area contributed by atoms with Crippen LogP contribution in [0.15, 0.2) is 72.9 Å². The van der Waals surface area contributed by atoms with Crippen molar-refractivity contribution in [2.24, 2.45) is 13.0 Å². The zero-order valence-corrected chi connectivity index (χ0v) is 22.5. The number of rotatable bonds is 4. The lowest BCUT2D eigenvalue weighted by Crippen LogP contribution is -2.27. The first kappa shape index (κ1) is 24.0. The largest absolute Gasteiger partial charge is 0.381 e. The molecule has 6 heteroatoms. The van der Waals surface area contributed by atoms with E-state index in [-0.39, 0.29) is 6.04 Å². The van der Waals surface area contributed by atoms with E-state index in [4.69, 9.17) is 9.72 Å². The van der Waals surface area contributed by atoms with Gasteiger partial charge in [0.2, 0.25) is 0 Å². The van der Waals surface area contributed by atoms with Crippen molar-refractivity contribution in [3.63, 3.8) is 0 Å². The average molecular weight is 516 g/mol. The molecule has 3 aromatic heterocycles. The first-order valence-corrected chi connectivity index (χ1v) is 14.0. The van der Waals surface area contributed by atoms with E-state index in [9.17, 15) is 0 Å². The van der Waals surface area contributed by atoms with Gasteiger partial charge in [0.05, 0.1) is 28.5 Å². The second-order valence-corrected chi connectivity index (χ2v) is 10.8. The van der Waals surface area contributed by atoms with Crippen LogP contribution in [0.4, 0.5) is 0 Å². The summed E-state index contributed by atoms with van der Waals surface area (Å²) in [5.41, 5.74) is 9.49. The summed E-state index contributed by atoms with van der Waals surface area (Å²) in [5.74, 6) is 0.475. The van der Waals surface area contributed by atoms with Gasteiger partial charge in [-0.15, -0.1) is 5.10 Å². The highest BCUT2D eigenvalue weighted by atomic mass is 16.5. The van der Waals surface area contributed by atoms with E-state index in [2.05, 4.69) is 87.7 Å². The van der Waals surface area contributed by atoms with E-state index in [1.807, 2.05) is 24.9 Å². The fourth-order valence-corrected chi connectivity index (χ4v) is 6.72. The number of aromatic nitrogens is 5. The Morgan fingerprint density at radius 2 is 1.85 bits per heavy atom. The number of aryl methyl sites for hydroxylation is 3. The van der Waals surface area contributed by atoms with Gasteiger partial charge in [0.15, 0.2) is 0 Å². The van der Waals surface area contributed by atoms with Gasteiger partial charge in [-0.3, -0.25) is 4.98 Å². The summed E-state index contributed by atoms with van der Waals surface area (Å²) in [6.45, 7) is 3.66. The van der Waals surface area contributed by atoms with E-state index in [0.717, 1.165) is 61.4 Å². The van der Waals surface area contributed by atoms with Gasteiger partial charge in [-0.25, -0.2) is 4.68 Å². The molecule has 5 aromatic rings. The van der Waals surface area contributed by atoms with E-state index >= 15 is 0 Å². The third-order valence-electron chi connectivity index (χ3n) is 8.44. The molecule has 1 fully saturated rings. The van der Waals surface area contributed by atoms with E-state index in [0.29, 0.717) is 5.92 Å². The zero-order chi connectivity index (χ0) is 26.3. The molecule has 1 aliphatic heterocycles. The van der Waals surface area contributed by atoms with Crippen LogP contribution in [0.25, 0.3) is 33.5 Å². The Morgan fingerprint density at radius 3 is 2.64 bits per heavy atom. The molecule has 6 nitrogen and oxygen atoms in total. The van der Waals surface area contributed by atoms with Gasteiger partial charge in [-0.2, -0.15) is 0 Å². The lowest BCUT2D eigenvalue weighted by Gasteiger charge is -2.33. The Kier molecular flexibility index (Phi) is 6.12. The summed E-state index contributed by atoms with van der Waals surface area (Å²) < 4.78 is 10.4. The van der Waals surface area contributed by atoms with Crippen LogP contribution in [-0.4, -0.2) is 37.8 Å². The zero-order valence-electron chi connectivity index (χ0n) is 22.5. The molecule has 196 valence electrons. The van der Waals surface area contributed by atoms with Gasteiger partial charge in [0, 0.05) is 48.5 Å². The number of hydrogen-bond donors (Lipinski definition) is 0. The maximum Gasteiger partial charge on any atom is 0.0912 e. The van der Waals surface area contributed by atoms with Crippen molar-refractivity contribution in [1.82, 2.24) is 24.5 Å². The quantitative estimate of drug-likeness (QED) is 0.268. The van der Waals surface area contributed by atoms with Crippen molar-refractivity contribution >= 4 is 33.5 Å². The summed E-state index contributed by atoms with van der Waals surface area (Å²) in [6, 6.07) is 20.0. The molecule has 0 N–H and O–H groups in total. The Hall–Kier alpha value is -4.03. The third kappa shape index (κ3) is 4.10. The maximum absolute atomic E-state index is 5.83. The standard InChI is InChI=1S/C33H33N5O/c1-22-32(37(2)36-35-22)25-11-6-7-12-27-30(21-25)38(29-15-14-28-26(31(27)29)13-8-18-34-28)33(23-9-4-3-5-10-23)24-16-19-39-20-17-24/h3-6,8-11,13-15,18,21,24,33H,7,12,16-17,19-20H2,1-2H3/t33-/m1/s1. The number of allylic oxidation sites excluding steroid dienone is 3. The van der Waals surface area contributed by atoms with Crippen molar-refractivity contribution < 1.29 is 4.74 Å². The minimum absolute atomic E-state index is 0.196. The minimum Gasteiger partial charge on any atom is -0.381 e. The Bertz CT molecular complexity index is 1700. The van der Waals surface area contributed by atoms with E-state index in [1.54, 1.807) is 0 Å². The Morgan fingerprint density at radius 1 is 1.00 bits per heavy atom. The Balaban J connectivity index is 1.59. The fourth-order valence-electron chi connectivity index (χ4n) is 6.72. The van der Waals surface area contributed by atoms with Crippen molar-refractivity contribution in [1.29, 1.82) is 0 Å². The van der Waals surface area contributed by atoms with Crippen LogP contribution < -0.4 is 0 Å². The molecule has 7 rings (SSSR count). The van der Waals surface area contributed by atoms with Gasteiger partial charge in [-0.1, -0.05) is 53.8 Å². The first-order valence-electron chi connectivity index (χ1n) is 14.0. The topological polar surface area (TPSA) is 57.8 Å². The first-order chi connectivity index (χ1) is 19.2. The molecule has 1 saturated heterocycles. The highest BCUT2D eigenvalue weighted by molar-refractivity contribution is 6.09. The number of ether oxygens (including phenoxy) is 1.